The van der Waals surface area contributed by atoms with Gasteiger partial charge < -0.3 is 4.90 Å². The zero-order chi connectivity index (χ0) is 20.3. The molecule has 0 N–H and O–H groups in total. The molecular formula is C19H26N4O2S2. The van der Waals surface area contributed by atoms with E-state index in [2.05, 4.69) is 19.9 Å². The third-order valence-corrected chi connectivity index (χ3v) is 6.55. The molecule has 146 valence electrons. The van der Waals surface area contributed by atoms with Gasteiger partial charge in [-0.3, -0.25) is 14.2 Å². The van der Waals surface area contributed by atoms with Crippen molar-refractivity contribution in [3.63, 3.8) is 0 Å². The van der Waals surface area contributed by atoms with E-state index in [0.717, 1.165) is 15.3 Å². The smallest absolute Gasteiger partial charge is 0.263 e. The van der Waals surface area contributed by atoms with Gasteiger partial charge in [0.15, 0.2) is 5.16 Å². The minimum absolute atomic E-state index is 0.0319. The molecule has 2 aromatic rings. The van der Waals surface area contributed by atoms with Crippen molar-refractivity contribution < 1.29 is 4.79 Å². The van der Waals surface area contributed by atoms with E-state index < -0.39 is 5.25 Å². The SMILES string of the molecule is Cc1sc2nc(S[C@H](C)C(=O)N(C)CCC#N)n(CC(C)C)c(=O)c2c1C. The molecule has 0 spiro atoms. The van der Waals surface area contributed by atoms with E-state index in [4.69, 9.17) is 10.2 Å². The Labute approximate surface area is 168 Å². The summed E-state index contributed by atoms with van der Waals surface area (Å²) in [6.07, 6.45) is 0.301. The van der Waals surface area contributed by atoms with Crippen LogP contribution in [0.4, 0.5) is 0 Å². The Bertz CT molecular complexity index is 940. The van der Waals surface area contributed by atoms with E-state index in [1.165, 1.54) is 23.1 Å². The zero-order valence-corrected chi connectivity index (χ0v) is 18.3. The van der Waals surface area contributed by atoms with Gasteiger partial charge in [-0.1, -0.05) is 25.6 Å². The molecule has 0 saturated heterocycles. The summed E-state index contributed by atoms with van der Waals surface area (Å²) in [5, 5.41) is 9.58. The van der Waals surface area contributed by atoms with Gasteiger partial charge in [-0.05, 0) is 32.3 Å². The predicted octanol–water partition coefficient (Wildman–Crippen LogP) is 3.58. The first-order valence-electron chi connectivity index (χ1n) is 8.96. The number of rotatable bonds is 7. The monoisotopic (exact) mass is 406 g/mol. The quantitative estimate of drug-likeness (QED) is 0.519. The molecule has 2 heterocycles. The van der Waals surface area contributed by atoms with Crippen LogP contribution in [0.1, 0.15) is 37.6 Å². The lowest BCUT2D eigenvalue weighted by atomic mass is 10.2. The Kier molecular flexibility index (Phi) is 7.06. The lowest BCUT2D eigenvalue weighted by molar-refractivity contribution is -0.128. The first-order valence-corrected chi connectivity index (χ1v) is 10.7. The van der Waals surface area contributed by atoms with Gasteiger partial charge in [-0.15, -0.1) is 11.3 Å². The van der Waals surface area contributed by atoms with Crippen molar-refractivity contribution in [2.75, 3.05) is 13.6 Å². The normalized spacial score (nSPS) is 12.4. The van der Waals surface area contributed by atoms with E-state index in [1.54, 1.807) is 16.5 Å². The number of aromatic nitrogens is 2. The fraction of sp³-hybridized carbons (Fsp3) is 0.579. The number of aryl methyl sites for hydroxylation is 2. The molecule has 0 aliphatic rings. The van der Waals surface area contributed by atoms with Crippen molar-refractivity contribution in [1.29, 1.82) is 5.26 Å². The fourth-order valence-corrected chi connectivity index (χ4v) is 4.87. The van der Waals surface area contributed by atoms with Crippen molar-refractivity contribution >= 4 is 39.2 Å². The number of nitrogens with zero attached hydrogens (tertiary/aromatic N) is 4. The first-order chi connectivity index (χ1) is 12.7. The summed E-state index contributed by atoms with van der Waals surface area (Å²) in [5.74, 6) is 0.213. The second-order valence-corrected chi connectivity index (χ2v) is 9.61. The van der Waals surface area contributed by atoms with Gasteiger partial charge in [0, 0.05) is 25.0 Å². The van der Waals surface area contributed by atoms with Gasteiger partial charge in [0.2, 0.25) is 5.91 Å². The van der Waals surface area contributed by atoms with Crippen molar-refractivity contribution in [2.45, 2.75) is 58.0 Å². The Balaban J connectivity index is 2.43. The van der Waals surface area contributed by atoms with E-state index in [1.807, 2.05) is 20.8 Å². The molecule has 0 aromatic carbocycles. The zero-order valence-electron chi connectivity index (χ0n) is 16.7. The highest BCUT2D eigenvalue weighted by Gasteiger charge is 2.23. The summed E-state index contributed by atoms with van der Waals surface area (Å²) in [4.78, 5) is 33.8. The van der Waals surface area contributed by atoms with Crippen LogP contribution in [0.3, 0.4) is 0 Å². The van der Waals surface area contributed by atoms with E-state index >= 15 is 0 Å². The third kappa shape index (κ3) is 4.71. The van der Waals surface area contributed by atoms with Crippen LogP contribution < -0.4 is 5.56 Å². The molecular weight excluding hydrogens is 380 g/mol. The van der Waals surface area contributed by atoms with E-state index in [9.17, 15) is 9.59 Å². The number of amides is 1. The standard InChI is InChI=1S/C19H26N4O2S2/c1-11(2)10-23-18(25)15-12(3)13(4)26-16(15)21-19(23)27-14(5)17(24)22(6)9-7-8-20/h11,14H,7,9-10H2,1-6H3/t14-/m1/s1. The number of nitriles is 1. The van der Waals surface area contributed by atoms with Crippen molar-refractivity contribution in [1.82, 2.24) is 14.5 Å². The summed E-state index contributed by atoms with van der Waals surface area (Å²) < 4.78 is 1.70. The molecule has 2 rings (SSSR count). The largest absolute Gasteiger partial charge is 0.344 e. The van der Waals surface area contributed by atoms with E-state index in [0.29, 0.717) is 30.1 Å². The number of fused-ring (bicyclic) bond motifs is 1. The number of thioether (sulfide) groups is 1. The Morgan fingerprint density at radius 3 is 2.63 bits per heavy atom. The fourth-order valence-electron chi connectivity index (χ4n) is 2.77. The van der Waals surface area contributed by atoms with Gasteiger partial charge in [-0.25, -0.2) is 4.98 Å². The molecule has 0 fully saturated rings. The molecule has 0 aliphatic carbocycles. The highest BCUT2D eigenvalue weighted by Crippen LogP contribution is 2.30. The third-order valence-electron chi connectivity index (χ3n) is 4.37. The summed E-state index contributed by atoms with van der Waals surface area (Å²) in [5.41, 5.74) is 0.956. The average molecular weight is 407 g/mol. The predicted molar refractivity (Wildman–Crippen MR) is 111 cm³/mol. The maximum atomic E-state index is 13.1. The summed E-state index contributed by atoms with van der Waals surface area (Å²) in [7, 11) is 1.69. The van der Waals surface area contributed by atoms with Gasteiger partial charge in [-0.2, -0.15) is 5.26 Å². The number of thiophene rings is 1. The molecule has 1 amide bonds. The van der Waals surface area contributed by atoms with E-state index in [-0.39, 0.29) is 17.4 Å². The average Bonchev–Trinajstić information content (AvgIpc) is 2.89. The molecule has 0 radical (unpaired) electrons. The molecule has 6 nitrogen and oxygen atoms in total. The topological polar surface area (TPSA) is 79.0 Å². The minimum Gasteiger partial charge on any atom is -0.344 e. The molecule has 1 atom stereocenters. The minimum atomic E-state index is -0.390. The molecule has 0 saturated carbocycles. The molecule has 8 heteroatoms. The van der Waals surface area contributed by atoms with Crippen LogP contribution in [0.2, 0.25) is 0 Å². The van der Waals surface area contributed by atoms with Gasteiger partial charge in [0.25, 0.3) is 5.56 Å². The molecule has 0 unspecified atom stereocenters. The van der Waals surface area contributed by atoms with Gasteiger partial charge in [0.05, 0.1) is 23.1 Å². The Morgan fingerprint density at radius 1 is 1.37 bits per heavy atom. The van der Waals surface area contributed by atoms with Crippen LogP contribution >= 0.6 is 23.1 Å². The van der Waals surface area contributed by atoms with Gasteiger partial charge in [0.1, 0.15) is 4.83 Å². The molecule has 27 heavy (non-hydrogen) atoms. The molecule has 0 bridgehead atoms. The van der Waals surface area contributed by atoms with Crippen molar-refractivity contribution in [3.05, 3.63) is 20.8 Å². The number of carbonyl (C=O) groups is 1. The first kappa shape index (κ1) is 21.5. The maximum absolute atomic E-state index is 13.1. The van der Waals surface area contributed by atoms with Crippen LogP contribution in [0.15, 0.2) is 9.95 Å². The van der Waals surface area contributed by atoms with Crippen molar-refractivity contribution in [2.24, 2.45) is 5.92 Å². The second kappa shape index (κ2) is 8.89. The highest BCUT2D eigenvalue weighted by atomic mass is 32.2. The lowest BCUT2D eigenvalue weighted by Gasteiger charge is -2.21. The van der Waals surface area contributed by atoms with Crippen LogP contribution in [-0.4, -0.2) is 39.2 Å². The maximum Gasteiger partial charge on any atom is 0.263 e. The number of hydrogen-bond acceptors (Lipinski definition) is 6. The number of carbonyl (C=O) groups excluding carboxylic acids is 1. The second-order valence-electron chi connectivity index (χ2n) is 7.10. The number of hydrogen-bond donors (Lipinski definition) is 0. The Hall–Kier alpha value is -1.85. The van der Waals surface area contributed by atoms with Crippen LogP contribution in [0.5, 0.6) is 0 Å². The van der Waals surface area contributed by atoms with Crippen LogP contribution in [0, 0.1) is 31.1 Å². The lowest BCUT2D eigenvalue weighted by Crippen LogP contribution is -2.34. The molecule has 0 aliphatic heterocycles. The highest BCUT2D eigenvalue weighted by molar-refractivity contribution is 8.00. The molecule has 2 aromatic heterocycles. The summed E-state index contributed by atoms with van der Waals surface area (Å²) in [6, 6.07) is 2.05. The Morgan fingerprint density at radius 2 is 2.04 bits per heavy atom. The summed E-state index contributed by atoms with van der Waals surface area (Å²) in [6.45, 7) is 10.8. The van der Waals surface area contributed by atoms with Crippen molar-refractivity contribution in [3.8, 4) is 6.07 Å². The van der Waals surface area contributed by atoms with Crippen LogP contribution in [0.25, 0.3) is 10.2 Å². The van der Waals surface area contributed by atoms with Gasteiger partial charge >= 0.3 is 0 Å². The van der Waals surface area contributed by atoms with Crippen LogP contribution in [-0.2, 0) is 11.3 Å². The summed E-state index contributed by atoms with van der Waals surface area (Å²) >= 11 is 2.83.